The molecule has 1 unspecified atom stereocenters. The highest BCUT2D eigenvalue weighted by Crippen LogP contribution is 2.25. The van der Waals surface area contributed by atoms with Crippen molar-refractivity contribution in [3.8, 4) is 5.75 Å². The highest BCUT2D eigenvalue weighted by molar-refractivity contribution is 5.36. The summed E-state index contributed by atoms with van der Waals surface area (Å²) in [5.74, 6) is -0.307. The van der Waals surface area contributed by atoms with E-state index in [0.717, 1.165) is 0 Å². The number of benzene rings is 1. The van der Waals surface area contributed by atoms with Crippen LogP contribution in [-0.4, -0.2) is 12.4 Å². The lowest BCUT2D eigenvalue weighted by molar-refractivity contribution is -0.274. The molecule has 0 spiro atoms. The molecule has 1 atom stereocenters. The average molecular weight is 231 g/mol. The van der Waals surface area contributed by atoms with Gasteiger partial charge in [-0.25, -0.2) is 4.79 Å². The summed E-state index contributed by atoms with van der Waals surface area (Å²) in [7, 11) is 0. The fourth-order valence-corrected chi connectivity index (χ4v) is 1.10. The van der Waals surface area contributed by atoms with Gasteiger partial charge in [0.15, 0.2) is 0 Å². The van der Waals surface area contributed by atoms with Crippen LogP contribution < -0.4 is 4.74 Å². The van der Waals surface area contributed by atoms with Gasteiger partial charge in [0.25, 0.3) is 0 Å². The number of hydrogen-bond acceptors (Lipinski definition) is 3. The summed E-state index contributed by atoms with van der Waals surface area (Å²) in [6, 6.07) is 4.72. The summed E-state index contributed by atoms with van der Waals surface area (Å²) in [5.41, 5.74) is 0.609. The Balaban J connectivity index is 2.79. The maximum atomic E-state index is 11.8. The SMILES string of the molecule is CC(N=C=O)c1ccc(OC(F)(F)F)cc1. The van der Waals surface area contributed by atoms with E-state index in [9.17, 15) is 18.0 Å². The number of halogens is 3. The third-order valence-corrected chi connectivity index (χ3v) is 1.84. The molecule has 16 heavy (non-hydrogen) atoms. The molecule has 3 nitrogen and oxygen atoms in total. The summed E-state index contributed by atoms with van der Waals surface area (Å²) >= 11 is 0. The van der Waals surface area contributed by atoms with Crippen LogP contribution in [0.25, 0.3) is 0 Å². The molecule has 0 heterocycles. The van der Waals surface area contributed by atoms with Gasteiger partial charge in [0.2, 0.25) is 6.08 Å². The molecule has 0 saturated carbocycles. The Hall–Kier alpha value is -1.81. The van der Waals surface area contributed by atoms with Crippen molar-refractivity contribution in [3.05, 3.63) is 29.8 Å². The molecule has 0 amide bonds. The average Bonchev–Trinajstić information content (AvgIpc) is 2.16. The molecule has 1 aromatic carbocycles. The van der Waals surface area contributed by atoms with Crippen LogP contribution in [0.5, 0.6) is 5.75 Å². The van der Waals surface area contributed by atoms with E-state index in [2.05, 4.69) is 9.73 Å². The molecule has 1 rings (SSSR count). The van der Waals surface area contributed by atoms with Crippen molar-refractivity contribution in [1.82, 2.24) is 0 Å². The molecular formula is C10H8F3NO2. The Labute approximate surface area is 89.6 Å². The van der Waals surface area contributed by atoms with Crippen LogP contribution in [0.1, 0.15) is 18.5 Å². The van der Waals surface area contributed by atoms with Gasteiger partial charge in [0, 0.05) is 0 Å². The third kappa shape index (κ3) is 3.74. The molecule has 0 aliphatic carbocycles. The largest absolute Gasteiger partial charge is 0.573 e. The summed E-state index contributed by atoms with van der Waals surface area (Å²) < 4.78 is 39.2. The molecule has 0 fully saturated rings. The molecule has 0 N–H and O–H groups in total. The first kappa shape index (κ1) is 12.3. The third-order valence-electron chi connectivity index (χ3n) is 1.84. The molecule has 0 aliphatic rings. The van der Waals surface area contributed by atoms with Gasteiger partial charge in [-0.2, -0.15) is 4.99 Å². The number of alkyl halides is 3. The van der Waals surface area contributed by atoms with E-state index in [0.29, 0.717) is 5.56 Å². The highest BCUT2D eigenvalue weighted by atomic mass is 19.4. The molecule has 0 aromatic heterocycles. The smallest absolute Gasteiger partial charge is 0.406 e. The van der Waals surface area contributed by atoms with Gasteiger partial charge >= 0.3 is 6.36 Å². The first-order valence-corrected chi connectivity index (χ1v) is 4.35. The second kappa shape index (κ2) is 4.81. The van der Waals surface area contributed by atoms with Crippen LogP contribution >= 0.6 is 0 Å². The van der Waals surface area contributed by atoms with Crippen molar-refractivity contribution in [3.63, 3.8) is 0 Å². The highest BCUT2D eigenvalue weighted by Gasteiger charge is 2.30. The minimum atomic E-state index is -4.70. The zero-order valence-corrected chi connectivity index (χ0v) is 8.28. The van der Waals surface area contributed by atoms with Crippen LogP contribution in [0, 0.1) is 0 Å². The standard InChI is InChI=1S/C10H8F3NO2/c1-7(14-6-15)8-2-4-9(5-3-8)16-10(11,12)13/h2-5,7H,1H3. The van der Waals surface area contributed by atoms with E-state index < -0.39 is 12.4 Å². The van der Waals surface area contributed by atoms with E-state index in [1.165, 1.54) is 30.3 Å². The first-order chi connectivity index (χ1) is 7.42. The fraction of sp³-hybridized carbons (Fsp3) is 0.300. The number of rotatable bonds is 3. The van der Waals surface area contributed by atoms with Gasteiger partial charge in [-0.15, -0.1) is 13.2 Å². The van der Waals surface area contributed by atoms with Crippen LogP contribution in [0.3, 0.4) is 0 Å². The van der Waals surface area contributed by atoms with Crippen LogP contribution in [0.4, 0.5) is 13.2 Å². The quantitative estimate of drug-likeness (QED) is 0.592. The van der Waals surface area contributed by atoms with Gasteiger partial charge in [-0.05, 0) is 24.6 Å². The first-order valence-electron chi connectivity index (χ1n) is 4.35. The number of isocyanates is 1. The van der Waals surface area contributed by atoms with Crippen molar-refractivity contribution in [1.29, 1.82) is 0 Å². The van der Waals surface area contributed by atoms with Crippen LogP contribution in [0.15, 0.2) is 29.3 Å². The number of carbonyl (C=O) groups excluding carboxylic acids is 1. The molecule has 86 valence electrons. The van der Waals surface area contributed by atoms with Gasteiger partial charge in [0.1, 0.15) is 5.75 Å². The lowest BCUT2D eigenvalue weighted by atomic mass is 10.1. The number of ether oxygens (including phenoxy) is 1. The molecule has 1 aromatic rings. The van der Waals surface area contributed by atoms with Gasteiger partial charge in [-0.1, -0.05) is 12.1 Å². The maximum absolute atomic E-state index is 11.8. The van der Waals surface area contributed by atoms with Crippen molar-refractivity contribution >= 4 is 6.08 Å². The number of hydrogen-bond donors (Lipinski definition) is 0. The van der Waals surface area contributed by atoms with E-state index in [-0.39, 0.29) is 5.75 Å². The molecule has 6 heteroatoms. The van der Waals surface area contributed by atoms with E-state index in [1.807, 2.05) is 0 Å². The Morgan fingerprint density at radius 3 is 2.31 bits per heavy atom. The summed E-state index contributed by atoms with van der Waals surface area (Å²) in [6.45, 7) is 1.63. The van der Waals surface area contributed by atoms with E-state index in [4.69, 9.17) is 0 Å². The van der Waals surface area contributed by atoms with Crippen molar-refractivity contribution in [2.75, 3.05) is 0 Å². The lowest BCUT2D eigenvalue weighted by Crippen LogP contribution is -2.17. The zero-order valence-electron chi connectivity index (χ0n) is 8.28. The zero-order chi connectivity index (χ0) is 12.2. The second-order valence-corrected chi connectivity index (χ2v) is 3.01. The predicted molar refractivity (Wildman–Crippen MR) is 49.7 cm³/mol. The van der Waals surface area contributed by atoms with Gasteiger partial charge < -0.3 is 4.74 Å². The predicted octanol–water partition coefficient (Wildman–Crippen LogP) is 2.98. The van der Waals surface area contributed by atoms with Crippen molar-refractivity contribution in [2.45, 2.75) is 19.3 Å². The summed E-state index contributed by atoms with van der Waals surface area (Å²) in [4.78, 5) is 13.4. The van der Waals surface area contributed by atoms with E-state index in [1.54, 1.807) is 6.92 Å². The Morgan fingerprint density at radius 1 is 1.31 bits per heavy atom. The number of aliphatic imine (C=N–C) groups is 1. The Morgan fingerprint density at radius 2 is 1.88 bits per heavy atom. The second-order valence-electron chi connectivity index (χ2n) is 3.01. The fourth-order valence-electron chi connectivity index (χ4n) is 1.10. The summed E-state index contributed by atoms with van der Waals surface area (Å²) in [6.07, 6.45) is -3.32. The molecular weight excluding hydrogens is 223 g/mol. The summed E-state index contributed by atoms with van der Waals surface area (Å²) in [5, 5.41) is 0. The van der Waals surface area contributed by atoms with Gasteiger partial charge in [0.05, 0.1) is 6.04 Å². The van der Waals surface area contributed by atoms with Crippen LogP contribution in [-0.2, 0) is 4.79 Å². The lowest BCUT2D eigenvalue weighted by Gasteiger charge is -2.10. The Kier molecular flexibility index (Phi) is 3.68. The Bertz CT molecular complexity index is 394. The maximum Gasteiger partial charge on any atom is 0.573 e. The van der Waals surface area contributed by atoms with E-state index >= 15 is 0 Å². The minimum Gasteiger partial charge on any atom is -0.406 e. The molecule has 0 bridgehead atoms. The molecule has 0 radical (unpaired) electrons. The van der Waals surface area contributed by atoms with Crippen LogP contribution in [0.2, 0.25) is 0 Å². The normalized spacial score (nSPS) is 12.8. The number of nitrogens with zero attached hydrogens (tertiary/aromatic N) is 1. The molecule has 0 saturated heterocycles. The van der Waals surface area contributed by atoms with Gasteiger partial charge in [-0.3, -0.25) is 0 Å². The topological polar surface area (TPSA) is 38.7 Å². The van der Waals surface area contributed by atoms with Crippen molar-refractivity contribution in [2.24, 2.45) is 4.99 Å². The van der Waals surface area contributed by atoms with Crippen molar-refractivity contribution < 1.29 is 22.7 Å². The minimum absolute atomic E-state index is 0.307. The molecule has 0 aliphatic heterocycles. The monoisotopic (exact) mass is 231 g/mol.